The lowest BCUT2D eigenvalue weighted by Crippen LogP contribution is -2.41. The van der Waals surface area contributed by atoms with Gasteiger partial charge in [0.1, 0.15) is 0 Å². The molecular weight excluding hydrogens is 470 g/mol. The van der Waals surface area contributed by atoms with Gasteiger partial charge in [-0.2, -0.15) is 9.97 Å². The largest absolute Gasteiger partial charge is 0.376 e. The molecule has 0 bridgehead atoms. The summed E-state index contributed by atoms with van der Waals surface area (Å²) in [5.74, 6) is 2.27. The molecule has 6 rings (SSSR count). The van der Waals surface area contributed by atoms with Crippen molar-refractivity contribution in [2.75, 3.05) is 23.8 Å². The van der Waals surface area contributed by atoms with Gasteiger partial charge in [0.05, 0.1) is 11.2 Å². The monoisotopic (exact) mass is 511 g/mol. The van der Waals surface area contributed by atoms with Gasteiger partial charge in [0.15, 0.2) is 17.0 Å². The number of hydrogen-bond donors (Lipinski definition) is 4. The minimum Gasteiger partial charge on any atom is -0.376 e. The average molecular weight is 512 g/mol. The summed E-state index contributed by atoms with van der Waals surface area (Å²) in [7, 11) is 0. The van der Waals surface area contributed by atoms with Crippen LogP contribution in [0.3, 0.4) is 0 Å². The molecule has 196 valence electrons. The average Bonchev–Trinajstić information content (AvgIpc) is 3.63. The van der Waals surface area contributed by atoms with Crippen LogP contribution < -0.4 is 21.8 Å². The van der Waals surface area contributed by atoms with Gasteiger partial charge in [-0.3, -0.25) is 0 Å². The van der Waals surface area contributed by atoms with Crippen LogP contribution in [-0.2, 0) is 0 Å². The number of piperidine rings is 1. The summed E-state index contributed by atoms with van der Waals surface area (Å²) in [6.07, 6.45) is 16.9. The zero-order chi connectivity index (χ0) is 24.5. The highest BCUT2D eigenvalue weighted by molar-refractivity contribution is 8.03. The van der Waals surface area contributed by atoms with Gasteiger partial charge >= 0.3 is 0 Å². The third-order valence-corrected chi connectivity index (χ3v) is 9.66. The molecule has 5 N–H and O–H groups in total. The van der Waals surface area contributed by atoms with Crippen LogP contribution in [0.15, 0.2) is 17.9 Å². The fourth-order valence-electron chi connectivity index (χ4n) is 6.44. The molecular formula is C26H41N9S. The van der Waals surface area contributed by atoms with Crippen LogP contribution in [0.5, 0.6) is 0 Å². The third kappa shape index (κ3) is 5.31. The number of nitrogens with two attached hydrogens (primary N) is 1. The van der Waals surface area contributed by atoms with Crippen LogP contribution in [0.4, 0.5) is 11.8 Å². The molecule has 0 amide bonds. The van der Waals surface area contributed by atoms with Crippen LogP contribution in [0.25, 0.3) is 11.2 Å². The van der Waals surface area contributed by atoms with Crippen molar-refractivity contribution in [1.29, 1.82) is 0 Å². The number of nitrogens with zero attached hydrogens (tertiary/aromatic N) is 5. The molecule has 2 aromatic rings. The maximum atomic E-state index is 6.14. The number of hydrogen-bond acceptors (Lipinski definition) is 9. The highest BCUT2D eigenvalue weighted by atomic mass is 32.2. The van der Waals surface area contributed by atoms with Crippen LogP contribution in [0.1, 0.15) is 83.6 Å². The zero-order valence-corrected chi connectivity index (χ0v) is 22.3. The molecule has 0 spiro atoms. The second-order valence-corrected chi connectivity index (χ2v) is 12.9. The van der Waals surface area contributed by atoms with E-state index < -0.39 is 0 Å². The molecule has 2 saturated carbocycles. The van der Waals surface area contributed by atoms with Crippen molar-refractivity contribution in [3.63, 3.8) is 0 Å². The van der Waals surface area contributed by atoms with Crippen molar-refractivity contribution in [1.82, 2.24) is 29.8 Å². The van der Waals surface area contributed by atoms with Crippen molar-refractivity contribution in [2.24, 2.45) is 11.7 Å². The van der Waals surface area contributed by atoms with Gasteiger partial charge in [0.25, 0.3) is 0 Å². The van der Waals surface area contributed by atoms with Crippen molar-refractivity contribution in [3.05, 3.63) is 17.9 Å². The number of hydrazine groups is 1. The van der Waals surface area contributed by atoms with Crippen molar-refractivity contribution in [2.45, 2.75) is 101 Å². The molecule has 4 aliphatic rings. The first-order valence-corrected chi connectivity index (χ1v) is 14.8. The standard InChI is InChI=1S/C26H41N9S/c1-26(29-12-15-36-26)16-18-10-13-34(14-11-18)33-23-22-24(35(17-28-22)21-4-2-3-5-21)32-25(31-23)30-20-8-6-19(27)7-9-20/h12,15,17-21,29H,2-11,13-14,16,27H2,1H3,(H2,30,31,32,33)/t19-,20-,26?. The van der Waals surface area contributed by atoms with E-state index in [1.54, 1.807) is 0 Å². The lowest BCUT2D eigenvalue weighted by atomic mass is 9.91. The van der Waals surface area contributed by atoms with Gasteiger partial charge < -0.3 is 26.4 Å². The number of anilines is 2. The quantitative estimate of drug-likeness (QED) is 0.425. The van der Waals surface area contributed by atoms with Crippen LogP contribution >= 0.6 is 11.8 Å². The fourth-order valence-corrected chi connectivity index (χ4v) is 7.34. The lowest BCUT2D eigenvalue weighted by molar-refractivity contribution is 0.198. The van der Waals surface area contributed by atoms with Crippen LogP contribution in [-0.4, -0.2) is 54.6 Å². The molecule has 36 heavy (non-hydrogen) atoms. The molecule has 3 fully saturated rings. The first-order chi connectivity index (χ1) is 17.5. The van der Waals surface area contributed by atoms with Gasteiger partial charge in [-0.05, 0) is 76.0 Å². The Morgan fingerprint density at radius 3 is 2.58 bits per heavy atom. The molecule has 2 aromatic heterocycles. The van der Waals surface area contributed by atoms with Crippen molar-refractivity contribution >= 4 is 34.7 Å². The molecule has 1 unspecified atom stereocenters. The van der Waals surface area contributed by atoms with E-state index in [9.17, 15) is 0 Å². The van der Waals surface area contributed by atoms with Gasteiger partial charge in [0, 0.05) is 37.4 Å². The fraction of sp³-hybridized carbons (Fsp3) is 0.731. The minimum atomic E-state index is 0.149. The third-order valence-electron chi connectivity index (χ3n) is 8.59. The molecule has 1 atom stereocenters. The summed E-state index contributed by atoms with van der Waals surface area (Å²) in [5, 5.41) is 11.7. The van der Waals surface area contributed by atoms with Crippen LogP contribution in [0, 0.1) is 5.92 Å². The summed E-state index contributed by atoms with van der Waals surface area (Å²) < 4.78 is 2.30. The van der Waals surface area contributed by atoms with E-state index in [1.165, 1.54) is 44.9 Å². The van der Waals surface area contributed by atoms with E-state index >= 15 is 0 Å². The molecule has 9 nitrogen and oxygen atoms in total. The predicted molar refractivity (Wildman–Crippen MR) is 147 cm³/mol. The van der Waals surface area contributed by atoms with E-state index in [4.69, 9.17) is 20.7 Å². The number of fused-ring (bicyclic) bond motifs is 1. The Bertz CT molecular complexity index is 1050. The summed E-state index contributed by atoms with van der Waals surface area (Å²) >= 11 is 1.91. The van der Waals surface area contributed by atoms with Gasteiger partial charge in [-0.25, -0.2) is 9.99 Å². The number of thioether (sulfide) groups is 1. The van der Waals surface area contributed by atoms with Crippen molar-refractivity contribution in [3.8, 4) is 0 Å². The molecule has 2 aliphatic heterocycles. The van der Waals surface area contributed by atoms with E-state index in [1.807, 2.05) is 18.1 Å². The number of nitrogens with one attached hydrogen (secondary N) is 3. The van der Waals surface area contributed by atoms with Crippen molar-refractivity contribution < 1.29 is 0 Å². The second-order valence-electron chi connectivity index (χ2n) is 11.5. The zero-order valence-electron chi connectivity index (χ0n) is 21.5. The molecule has 4 heterocycles. The topological polar surface area (TPSA) is 109 Å². The molecule has 2 aliphatic carbocycles. The Morgan fingerprint density at radius 1 is 1.08 bits per heavy atom. The Balaban J connectivity index is 1.18. The number of aromatic nitrogens is 4. The van der Waals surface area contributed by atoms with E-state index in [0.717, 1.165) is 61.7 Å². The van der Waals surface area contributed by atoms with Gasteiger partial charge in [-0.15, -0.1) is 11.8 Å². The van der Waals surface area contributed by atoms with E-state index in [-0.39, 0.29) is 4.87 Å². The molecule has 1 saturated heterocycles. The summed E-state index contributed by atoms with van der Waals surface area (Å²) in [5.41, 5.74) is 11.6. The van der Waals surface area contributed by atoms with Gasteiger partial charge in [-0.1, -0.05) is 12.8 Å². The van der Waals surface area contributed by atoms with Crippen LogP contribution in [0.2, 0.25) is 0 Å². The maximum absolute atomic E-state index is 6.14. The normalized spacial score (nSPS) is 30.2. The van der Waals surface area contributed by atoms with E-state index in [2.05, 4.69) is 44.2 Å². The Labute approximate surface area is 218 Å². The smallest absolute Gasteiger partial charge is 0.227 e. The second kappa shape index (κ2) is 10.4. The Morgan fingerprint density at radius 2 is 1.86 bits per heavy atom. The number of rotatable bonds is 7. The molecule has 10 heteroatoms. The molecule has 0 aromatic carbocycles. The minimum absolute atomic E-state index is 0.149. The lowest BCUT2D eigenvalue weighted by Gasteiger charge is -2.36. The van der Waals surface area contributed by atoms with E-state index in [0.29, 0.717) is 24.1 Å². The Hall–Kier alpha value is -2.04. The first kappa shape index (κ1) is 24.3. The summed E-state index contributed by atoms with van der Waals surface area (Å²) in [4.78, 5) is 14.9. The summed E-state index contributed by atoms with van der Waals surface area (Å²) in [6, 6.07) is 1.20. The number of imidazole rings is 1. The highest BCUT2D eigenvalue weighted by Crippen LogP contribution is 2.37. The highest BCUT2D eigenvalue weighted by Gasteiger charge is 2.32. The Kier molecular flexibility index (Phi) is 7.01. The predicted octanol–water partition coefficient (Wildman–Crippen LogP) is 4.58. The maximum Gasteiger partial charge on any atom is 0.227 e. The molecule has 0 radical (unpaired) electrons. The first-order valence-electron chi connectivity index (χ1n) is 13.9. The SMILES string of the molecule is CC1(CC2CCN(Nc3nc(N[C@H]4CC[C@H](N)CC4)nc4c3ncn4C3CCCC3)CC2)NC=CS1. The van der Waals surface area contributed by atoms with Gasteiger partial charge in [0.2, 0.25) is 5.95 Å². The summed E-state index contributed by atoms with van der Waals surface area (Å²) in [6.45, 7) is 4.34.